The zero-order valence-electron chi connectivity index (χ0n) is 11.3. The average molecular weight is 339 g/mol. The van der Waals surface area contributed by atoms with Crippen molar-refractivity contribution in [2.45, 2.75) is 13.3 Å². The van der Waals surface area contributed by atoms with Crippen LogP contribution < -0.4 is 15.8 Å². The number of rotatable bonds is 4. The number of aryl methyl sites for hydroxylation is 1. The molecule has 0 unspecified atom stereocenters. The molecule has 0 fully saturated rings. The minimum absolute atomic E-state index is 0.164. The highest BCUT2D eigenvalue weighted by Crippen LogP contribution is 2.32. The summed E-state index contributed by atoms with van der Waals surface area (Å²) in [5.41, 5.74) is 8.89. The van der Waals surface area contributed by atoms with E-state index in [0.717, 1.165) is 22.1 Å². The number of hydrogen-bond donors (Lipinski definition) is 2. The number of ether oxygens (including phenoxy) is 1. The predicted molar refractivity (Wildman–Crippen MR) is 84.2 cm³/mol. The van der Waals surface area contributed by atoms with Gasteiger partial charge in [-0.05, 0) is 30.2 Å². The summed E-state index contributed by atoms with van der Waals surface area (Å²) in [5, 5.41) is 3.23. The molecule has 0 amide bonds. The van der Waals surface area contributed by atoms with E-state index in [2.05, 4.69) is 28.2 Å². The van der Waals surface area contributed by atoms with E-state index < -0.39 is 5.82 Å². The summed E-state index contributed by atoms with van der Waals surface area (Å²) in [6, 6.07) is 8.76. The fourth-order valence-electron chi connectivity index (χ4n) is 1.96. The Balaban J connectivity index is 2.39. The number of hydrogen-bond acceptors (Lipinski definition) is 3. The number of nitrogens with two attached hydrogens (primary N) is 1. The van der Waals surface area contributed by atoms with Gasteiger partial charge in [-0.3, -0.25) is 0 Å². The second-order valence-corrected chi connectivity index (χ2v) is 5.27. The predicted octanol–water partition coefficient (Wildman–Crippen LogP) is 4.49. The molecular formula is C15H16BrFN2O. The van der Waals surface area contributed by atoms with Gasteiger partial charge in [0.1, 0.15) is 0 Å². The van der Waals surface area contributed by atoms with Gasteiger partial charge in [0.25, 0.3) is 0 Å². The van der Waals surface area contributed by atoms with E-state index in [-0.39, 0.29) is 5.75 Å². The van der Waals surface area contributed by atoms with Gasteiger partial charge in [-0.1, -0.05) is 22.9 Å². The van der Waals surface area contributed by atoms with Crippen molar-refractivity contribution in [1.29, 1.82) is 0 Å². The van der Waals surface area contributed by atoms with E-state index in [1.807, 2.05) is 18.2 Å². The number of anilines is 3. The smallest absolute Gasteiger partial charge is 0.167 e. The molecule has 2 rings (SSSR count). The third-order valence-corrected chi connectivity index (χ3v) is 3.53. The van der Waals surface area contributed by atoms with Crippen molar-refractivity contribution in [3.63, 3.8) is 0 Å². The third kappa shape index (κ3) is 3.04. The second-order valence-electron chi connectivity index (χ2n) is 4.35. The Morgan fingerprint density at radius 1 is 1.25 bits per heavy atom. The van der Waals surface area contributed by atoms with Crippen LogP contribution in [0.25, 0.3) is 0 Å². The average Bonchev–Trinajstić information content (AvgIpc) is 2.43. The quantitative estimate of drug-likeness (QED) is 0.807. The van der Waals surface area contributed by atoms with E-state index >= 15 is 0 Å². The van der Waals surface area contributed by atoms with Gasteiger partial charge in [0, 0.05) is 22.3 Å². The molecule has 0 aromatic heterocycles. The van der Waals surface area contributed by atoms with E-state index in [1.54, 1.807) is 6.07 Å². The summed E-state index contributed by atoms with van der Waals surface area (Å²) in [6.07, 6.45) is 0.875. The molecule has 5 heteroatoms. The topological polar surface area (TPSA) is 47.3 Å². The fourth-order valence-corrected chi connectivity index (χ4v) is 2.36. The molecule has 0 saturated heterocycles. The Bertz CT molecular complexity index is 632. The number of benzene rings is 2. The van der Waals surface area contributed by atoms with Gasteiger partial charge in [0.2, 0.25) is 0 Å². The van der Waals surface area contributed by atoms with Crippen LogP contribution in [0.4, 0.5) is 21.5 Å². The first-order valence-electron chi connectivity index (χ1n) is 6.23. The maximum atomic E-state index is 13.5. The normalized spacial score (nSPS) is 10.4. The SMILES string of the molecule is CCc1cc(Br)ccc1Nc1cc(OC)c(F)cc1N. The van der Waals surface area contributed by atoms with Crippen LogP contribution in [-0.2, 0) is 6.42 Å². The minimum atomic E-state index is -0.470. The maximum absolute atomic E-state index is 13.5. The molecule has 106 valence electrons. The molecule has 0 spiro atoms. The summed E-state index contributed by atoms with van der Waals surface area (Å²) in [6.45, 7) is 2.07. The zero-order chi connectivity index (χ0) is 14.7. The molecular weight excluding hydrogens is 323 g/mol. The van der Waals surface area contributed by atoms with Gasteiger partial charge in [-0.15, -0.1) is 0 Å². The lowest BCUT2D eigenvalue weighted by molar-refractivity contribution is 0.387. The standard InChI is InChI=1S/C15H16BrFN2O/c1-3-9-6-10(16)4-5-13(9)19-14-8-15(20-2)11(17)7-12(14)18/h4-8,19H,3,18H2,1-2H3. The molecule has 0 aliphatic heterocycles. The van der Waals surface area contributed by atoms with Gasteiger partial charge >= 0.3 is 0 Å². The number of halogens is 2. The lowest BCUT2D eigenvalue weighted by Crippen LogP contribution is -2.01. The van der Waals surface area contributed by atoms with Crippen LogP contribution in [-0.4, -0.2) is 7.11 Å². The highest BCUT2D eigenvalue weighted by molar-refractivity contribution is 9.10. The Labute approximate surface area is 126 Å². The monoisotopic (exact) mass is 338 g/mol. The third-order valence-electron chi connectivity index (χ3n) is 3.04. The van der Waals surface area contributed by atoms with E-state index in [1.165, 1.54) is 13.2 Å². The van der Waals surface area contributed by atoms with Crippen molar-refractivity contribution in [2.75, 3.05) is 18.2 Å². The summed E-state index contributed by atoms with van der Waals surface area (Å²) < 4.78 is 19.5. The van der Waals surface area contributed by atoms with Crippen LogP contribution >= 0.6 is 15.9 Å². The molecule has 2 aromatic rings. The molecule has 2 aromatic carbocycles. The van der Waals surface area contributed by atoms with Crippen LogP contribution in [0.2, 0.25) is 0 Å². The van der Waals surface area contributed by atoms with Crippen LogP contribution in [0.5, 0.6) is 5.75 Å². The molecule has 0 aliphatic carbocycles. The first kappa shape index (κ1) is 14.7. The summed E-state index contributed by atoms with van der Waals surface area (Å²) in [5.74, 6) is -0.307. The van der Waals surface area contributed by atoms with Crippen LogP contribution in [0, 0.1) is 5.82 Å². The molecule has 3 nitrogen and oxygen atoms in total. The second kappa shape index (κ2) is 6.13. The van der Waals surface area contributed by atoms with E-state index in [9.17, 15) is 4.39 Å². The zero-order valence-corrected chi connectivity index (χ0v) is 12.9. The van der Waals surface area contributed by atoms with Crippen molar-refractivity contribution in [2.24, 2.45) is 0 Å². The first-order chi connectivity index (χ1) is 9.55. The largest absolute Gasteiger partial charge is 0.494 e. The number of nitrogens with one attached hydrogen (secondary N) is 1. The lowest BCUT2D eigenvalue weighted by atomic mass is 10.1. The van der Waals surface area contributed by atoms with E-state index in [0.29, 0.717) is 11.4 Å². The summed E-state index contributed by atoms with van der Waals surface area (Å²) in [7, 11) is 1.43. The van der Waals surface area contributed by atoms with Gasteiger partial charge in [-0.2, -0.15) is 0 Å². The van der Waals surface area contributed by atoms with E-state index in [4.69, 9.17) is 10.5 Å². The molecule has 0 heterocycles. The highest BCUT2D eigenvalue weighted by Gasteiger charge is 2.10. The van der Waals surface area contributed by atoms with Crippen LogP contribution in [0.1, 0.15) is 12.5 Å². The fraction of sp³-hybridized carbons (Fsp3) is 0.200. The van der Waals surface area contributed by atoms with Crippen LogP contribution in [0.15, 0.2) is 34.8 Å². The van der Waals surface area contributed by atoms with Crippen molar-refractivity contribution >= 4 is 33.0 Å². The number of methoxy groups -OCH3 is 1. The maximum Gasteiger partial charge on any atom is 0.167 e. The Morgan fingerprint density at radius 2 is 2.00 bits per heavy atom. The first-order valence-corrected chi connectivity index (χ1v) is 7.03. The van der Waals surface area contributed by atoms with Gasteiger partial charge < -0.3 is 15.8 Å². The Morgan fingerprint density at radius 3 is 2.65 bits per heavy atom. The Kier molecular flexibility index (Phi) is 4.49. The molecule has 3 N–H and O–H groups in total. The van der Waals surface area contributed by atoms with Gasteiger partial charge in [-0.25, -0.2) is 4.39 Å². The summed E-state index contributed by atoms with van der Waals surface area (Å²) in [4.78, 5) is 0. The molecule has 0 aliphatic rings. The minimum Gasteiger partial charge on any atom is -0.494 e. The van der Waals surface area contributed by atoms with Crippen molar-refractivity contribution < 1.29 is 9.13 Å². The molecule has 20 heavy (non-hydrogen) atoms. The highest BCUT2D eigenvalue weighted by atomic mass is 79.9. The number of nitrogen functional groups attached to an aromatic ring is 1. The van der Waals surface area contributed by atoms with Gasteiger partial charge in [0.05, 0.1) is 18.5 Å². The van der Waals surface area contributed by atoms with Crippen LogP contribution in [0.3, 0.4) is 0 Å². The molecule has 0 atom stereocenters. The molecule has 0 bridgehead atoms. The molecule has 0 radical (unpaired) electrons. The van der Waals surface area contributed by atoms with Crippen molar-refractivity contribution in [3.05, 3.63) is 46.2 Å². The molecule has 0 saturated carbocycles. The van der Waals surface area contributed by atoms with Crippen molar-refractivity contribution in [3.8, 4) is 5.75 Å². The summed E-state index contributed by atoms with van der Waals surface area (Å²) >= 11 is 3.45. The lowest BCUT2D eigenvalue weighted by Gasteiger charge is -2.14. The Hall–Kier alpha value is -1.75. The van der Waals surface area contributed by atoms with Crippen molar-refractivity contribution in [1.82, 2.24) is 0 Å². The van der Waals surface area contributed by atoms with Gasteiger partial charge in [0.15, 0.2) is 11.6 Å².